The largest absolute Gasteiger partial charge is 0.444 e. The third-order valence-corrected chi connectivity index (χ3v) is 7.04. The van der Waals surface area contributed by atoms with Crippen LogP contribution in [0.5, 0.6) is 0 Å². The molecule has 1 saturated carbocycles. The number of hydrogen-bond donors (Lipinski definition) is 1. The molecule has 2 saturated heterocycles. The molecule has 0 spiro atoms. The summed E-state index contributed by atoms with van der Waals surface area (Å²) in [6, 6.07) is -0.984. The summed E-state index contributed by atoms with van der Waals surface area (Å²) in [4.78, 5) is 28.4. The van der Waals surface area contributed by atoms with Gasteiger partial charge in [-0.3, -0.25) is 4.79 Å². The van der Waals surface area contributed by atoms with Crippen LogP contribution in [-0.4, -0.2) is 73.8 Å². The number of nitrogens with one attached hydrogen (secondary N) is 1. The van der Waals surface area contributed by atoms with Gasteiger partial charge < -0.3 is 29.2 Å². The van der Waals surface area contributed by atoms with Crippen LogP contribution in [0.3, 0.4) is 0 Å². The fourth-order valence-electron chi connectivity index (χ4n) is 5.40. The minimum Gasteiger partial charge on any atom is -0.444 e. The van der Waals surface area contributed by atoms with Crippen molar-refractivity contribution in [1.29, 1.82) is 0 Å². The normalized spacial score (nSPS) is 29.3. The van der Waals surface area contributed by atoms with Crippen molar-refractivity contribution in [3.8, 4) is 0 Å². The van der Waals surface area contributed by atoms with E-state index in [9.17, 15) is 9.59 Å². The van der Waals surface area contributed by atoms with Crippen molar-refractivity contribution < 1.29 is 28.5 Å². The summed E-state index contributed by atoms with van der Waals surface area (Å²) in [6.07, 6.45) is 3.24. The predicted octanol–water partition coefficient (Wildman–Crippen LogP) is 2.94. The van der Waals surface area contributed by atoms with E-state index in [0.29, 0.717) is 12.5 Å². The van der Waals surface area contributed by atoms with Gasteiger partial charge in [-0.2, -0.15) is 0 Å². The summed E-state index contributed by atoms with van der Waals surface area (Å²) in [5.74, 6) is -0.500. The van der Waals surface area contributed by atoms with Crippen LogP contribution in [0.2, 0.25) is 0 Å². The van der Waals surface area contributed by atoms with Crippen LogP contribution < -0.4 is 5.32 Å². The molecule has 8 heteroatoms. The molecule has 1 aliphatic carbocycles. The highest BCUT2D eigenvalue weighted by atomic mass is 16.7. The third kappa shape index (κ3) is 4.86. The summed E-state index contributed by atoms with van der Waals surface area (Å²) >= 11 is 0. The fourth-order valence-corrected chi connectivity index (χ4v) is 5.40. The van der Waals surface area contributed by atoms with E-state index in [1.165, 1.54) is 0 Å². The molecule has 31 heavy (non-hydrogen) atoms. The van der Waals surface area contributed by atoms with Gasteiger partial charge in [0.25, 0.3) is 0 Å². The Morgan fingerprint density at radius 3 is 2.26 bits per heavy atom. The molecule has 4 atom stereocenters. The second-order valence-electron chi connectivity index (χ2n) is 10.5. The van der Waals surface area contributed by atoms with Crippen molar-refractivity contribution in [3.05, 3.63) is 0 Å². The monoisotopic (exact) mass is 440 g/mol. The molecule has 1 N–H and O–H groups in total. The number of ether oxygens (including phenoxy) is 4. The van der Waals surface area contributed by atoms with Crippen LogP contribution in [0.25, 0.3) is 0 Å². The summed E-state index contributed by atoms with van der Waals surface area (Å²) in [5.41, 5.74) is -0.630. The second-order valence-corrected chi connectivity index (χ2v) is 10.5. The predicted molar refractivity (Wildman–Crippen MR) is 115 cm³/mol. The maximum absolute atomic E-state index is 14.0. The Balaban J connectivity index is 1.88. The molecule has 0 radical (unpaired) electrons. The minimum absolute atomic E-state index is 0.0957. The Kier molecular flexibility index (Phi) is 7.23. The van der Waals surface area contributed by atoms with E-state index < -0.39 is 23.5 Å². The summed E-state index contributed by atoms with van der Waals surface area (Å²) in [5, 5.41) is 2.90. The maximum atomic E-state index is 14.0. The number of alkyl carbamates (subject to hydrolysis) is 1. The number of nitrogens with zero attached hydrogens (tertiary/aromatic N) is 1. The molecular weight excluding hydrogens is 400 g/mol. The number of methoxy groups -OCH3 is 2. The Labute approximate surface area is 186 Å². The first-order valence-corrected chi connectivity index (χ1v) is 11.5. The number of hydrogen-bond acceptors (Lipinski definition) is 6. The molecule has 3 aliphatic rings. The van der Waals surface area contributed by atoms with Gasteiger partial charge in [-0.15, -0.1) is 0 Å². The van der Waals surface area contributed by atoms with Crippen molar-refractivity contribution >= 4 is 12.0 Å². The molecule has 0 aromatic heterocycles. The van der Waals surface area contributed by atoms with Crippen LogP contribution in [0.15, 0.2) is 0 Å². The van der Waals surface area contributed by atoms with E-state index in [-0.39, 0.29) is 36.5 Å². The molecule has 8 nitrogen and oxygen atoms in total. The van der Waals surface area contributed by atoms with E-state index >= 15 is 0 Å². The van der Waals surface area contributed by atoms with Crippen LogP contribution >= 0.6 is 0 Å². The summed E-state index contributed by atoms with van der Waals surface area (Å²) < 4.78 is 23.1. The molecule has 2 aliphatic heterocycles. The van der Waals surface area contributed by atoms with Crippen molar-refractivity contribution in [3.63, 3.8) is 0 Å². The lowest BCUT2D eigenvalue weighted by Gasteiger charge is -2.38. The number of fused-ring (bicyclic) bond motifs is 1. The number of likely N-dealkylation sites (tertiary alicyclic amines) is 1. The third-order valence-electron chi connectivity index (χ3n) is 7.04. The molecule has 2 heterocycles. The lowest BCUT2D eigenvalue weighted by Crippen LogP contribution is -2.60. The van der Waals surface area contributed by atoms with Gasteiger partial charge in [0, 0.05) is 26.7 Å². The van der Waals surface area contributed by atoms with Crippen molar-refractivity contribution in [2.75, 3.05) is 27.4 Å². The lowest BCUT2D eigenvalue weighted by atomic mass is 9.90. The Hall–Kier alpha value is -1.38. The molecule has 3 rings (SSSR count). The SMILES string of the molecule is COC1(OC)CO[C@H]2[C@@H]1N(C(=O)[C@@H](NC(=O)OC(C)(C)C)C1CCCC1)C[C@H]2C(C)C. The van der Waals surface area contributed by atoms with Gasteiger partial charge in [-0.25, -0.2) is 4.79 Å². The van der Waals surface area contributed by atoms with Gasteiger partial charge in [0.1, 0.15) is 24.3 Å². The smallest absolute Gasteiger partial charge is 0.408 e. The van der Waals surface area contributed by atoms with Crippen molar-refractivity contribution in [1.82, 2.24) is 10.2 Å². The number of carbonyl (C=O) groups is 2. The standard InChI is InChI=1S/C23H40N2O6/c1-14(2)16-12-25(19-18(16)30-13-23(19,28-6)29-7)20(26)17(15-10-8-9-11-15)24-21(27)31-22(3,4)5/h14-19H,8-13H2,1-7H3,(H,24,27)/t16-,17-,18+,19-/m0/s1. The maximum Gasteiger partial charge on any atom is 0.408 e. The van der Waals surface area contributed by atoms with Gasteiger partial charge in [0.15, 0.2) is 0 Å². The molecular formula is C23H40N2O6. The van der Waals surface area contributed by atoms with Crippen LogP contribution in [0.1, 0.15) is 60.3 Å². The Morgan fingerprint density at radius 2 is 1.74 bits per heavy atom. The number of amides is 2. The van der Waals surface area contributed by atoms with Crippen LogP contribution in [0.4, 0.5) is 4.79 Å². The van der Waals surface area contributed by atoms with Crippen molar-refractivity contribution in [2.45, 2.75) is 89.9 Å². The van der Waals surface area contributed by atoms with Crippen LogP contribution in [0, 0.1) is 17.8 Å². The van der Waals surface area contributed by atoms with E-state index in [2.05, 4.69) is 19.2 Å². The fraction of sp³-hybridized carbons (Fsp3) is 0.913. The van der Waals surface area contributed by atoms with E-state index in [1.54, 1.807) is 14.2 Å². The Morgan fingerprint density at radius 1 is 1.13 bits per heavy atom. The molecule has 178 valence electrons. The lowest BCUT2D eigenvalue weighted by molar-refractivity contribution is -0.227. The van der Waals surface area contributed by atoms with Gasteiger partial charge >= 0.3 is 6.09 Å². The molecule has 0 aromatic rings. The van der Waals surface area contributed by atoms with E-state index in [0.717, 1.165) is 25.7 Å². The molecule has 0 aromatic carbocycles. The number of carbonyl (C=O) groups excluding carboxylic acids is 2. The van der Waals surface area contributed by atoms with E-state index in [4.69, 9.17) is 18.9 Å². The van der Waals surface area contributed by atoms with Crippen LogP contribution in [-0.2, 0) is 23.7 Å². The van der Waals surface area contributed by atoms with Gasteiger partial charge in [0.05, 0.1) is 6.10 Å². The first-order valence-electron chi connectivity index (χ1n) is 11.5. The molecule has 2 amide bonds. The second kappa shape index (κ2) is 9.24. The first kappa shape index (κ1) is 24.3. The number of rotatable bonds is 6. The highest BCUT2D eigenvalue weighted by Gasteiger charge is 2.62. The first-order chi connectivity index (χ1) is 14.5. The molecule has 0 bridgehead atoms. The zero-order valence-corrected chi connectivity index (χ0v) is 20.1. The molecule has 3 fully saturated rings. The van der Waals surface area contributed by atoms with E-state index in [1.807, 2.05) is 25.7 Å². The summed E-state index contributed by atoms with van der Waals surface area (Å²) in [6.45, 7) is 10.6. The Bertz CT molecular complexity index is 651. The van der Waals surface area contributed by atoms with Gasteiger partial charge in [0.2, 0.25) is 11.7 Å². The average Bonchev–Trinajstić information content (AvgIpc) is 3.40. The highest BCUT2D eigenvalue weighted by Crippen LogP contribution is 2.44. The molecule has 0 unspecified atom stereocenters. The van der Waals surface area contributed by atoms with Gasteiger partial charge in [-0.05, 0) is 45.4 Å². The summed E-state index contributed by atoms with van der Waals surface area (Å²) in [7, 11) is 3.18. The quantitative estimate of drug-likeness (QED) is 0.639. The zero-order valence-electron chi connectivity index (χ0n) is 20.1. The van der Waals surface area contributed by atoms with Crippen molar-refractivity contribution in [2.24, 2.45) is 17.8 Å². The minimum atomic E-state index is -1.00. The topological polar surface area (TPSA) is 86.3 Å². The zero-order chi connectivity index (χ0) is 23.0. The average molecular weight is 441 g/mol. The van der Waals surface area contributed by atoms with Gasteiger partial charge in [-0.1, -0.05) is 26.7 Å². The highest BCUT2D eigenvalue weighted by molar-refractivity contribution is 5.87.